The van der Waals surface area contributed by atoms with E-state index in [4.69, 9.17) is 6.58 Å². The van der Waals surface area contributed by atoms with Crippen LogP contribution in [0.15, 0.2) is 41.5 Å². The summed E-state index contributed by atoms with van der Waals surface area (Å²) in [7, 11) is 0. The SMILES string of the molecule is [CH]=C/C=C(C)/C=C/C=C(C)C. The first-order chi connectivity index (χ1) is 5.16. The minimum Gasteiger partial charge on any atom is -0.0764 e. The summed E-state index contributed by atoms with van der Waals surface area (Å²) in [6.45, 7) is 11.4. The van der Waals surface area contributed by atoms with Crippen LogP contribution in [0.5, 0.6) is 0 Å². The number of hydrogen-bond acceptors (Lipinski definition) is 0. The third-order valence-corrected chi connectivity index (χ3v) is 1.15. The van der Waals surface area contributed by atoms with Crippen LogP contribution >= 0.6 is 0 Å². The molecule has 0 atom stereocenters. The molecule has 59 valence electrons. The van der Waals surface area contributed by atoms with Crippen molar-refractivity contribution in [2.45, 2.75) is 20.8 Å². The first-order valence-electron chi connectivity index (χ1n) is 3.70. The van der Waals surface area contributed by atoms with Crippen LogP contribution in [0, 0.1) is 6.58 Å². The highest BCUT2D eigenvalue weighted by Gasteiger charge is 1.75. The topological polar surface area (TPSA) is 0 Å². The van der Waals surface area contributed by atoms with E-state index in [2.05, 4.69) is 19.9 Å². The maximum absolute atomic E-state index is 5.21. The van der Waals surface area contributed by atoms with Crippen molar-refractivity contribution < 1.29 is 0 Å². The second kappa shape index (κ2) is 5.72. The zero-order valence-electron chi connectivity index (χ0n) is 7.46. The average molecular weight is 147 g/mol. The lowest BCUT2D eigenvalue weighted by Crippen LogP contribution is -1.65. The molecule has 0 amide bonds. The normalized spacial score (nSPS) is 11.7. The lowest BCUT2D eigenvalue weighted by molar-refractivity contribution is 1.39. The molecule has 0 saturated heterocycles. The van der Waals surface area contributed by atoms with E-state index < -0.39 is 0 Å². The molecule has 0 rings (SSSR count). The first-order valence-corrected chi connectivity index (χ1v) is 3.70. The van der Waals surface area contributed by atoms with Gasteiger partial charge in [-0.2, -0.15) is 0 Å². The van der Waals surface area contributed by atoms with Crippen LogP contribution < -0.4 is 0 Å². The molecule has 0 heteroatoms. The Labute approximate surface area is 69.6 Å². The van der Waals surface area contributed by atoms with Gasteiger partial charge in [-0.15, -0.1) is 0 Å². The molecule has 0 spiro atoms. The summed E-state index contributed by atoms with van der Waals surface area (Å²) in [5.74, 6) is 0. The van der Waals surface area contributed by atoms with Gasteiger partial charge in [0.25, 0.3) is 0 Å². The minimum absolute atomic E-state index is 1.16. The Morgan fingerprint density at radius 2 is 1.73 bits per heavy atom. The molecule has 0 saturated carbocycles. The van der Waals surface area contributed by atoms with Crippen LogP contribution in [0.2, 0.25) is 0 Å². The number of hydrogen-bond donors (Lipinski definition) is 0. The van der Waals surface area contributed by atoms with Gasteiger partial charge in [-0.1, -0.05) is 48.1 Å². The predicted octanol–water partition coefficient (Wildman–Crippen LogP) is 3.44. The van der Waals surface area contributed by atoms with Crippen LogP contribution in [0.4, 0.5) is 0 Å². The summed E-state index contributed by atoms with van der Waals surface area (Å²) in [6, 6.07) is 0. The first kappa shape index (κ1) is 9.96. The van der Waals surface area contributed by atoms with Crippen LogP contribution in [0.1, 0.15) is 20.8 Å². The smallest absolute Gasteiger partial charge is 0.0398 e. The standard InChI is InChI=1S/C11H15/c1-5-7-11(4)9-6-8-10(2)3/h1,5-9H,2-4H3/b5-1?,9-6+,11-7+. The summed E-state index contributed by atoms with van der Waals surface area (Å²) >= 11 is 0. The lowest BCUT2D eigenvalue weighted by atomic mass is 10.2. The van der Waals surface area contributed by atoms with Gasteiger partial charge >= 0.3 is 0 Å². The van der Waals surface area contributed by atoms with Crippen molar-refractivity contribution in [1.29, 1.82) is 0 Å². The minimum atomic E-state index is 1.16. The molecule has 0 N–H and O–H groups in total. The number of rotatable bonds is 3. The molecule has 1 radical (unpaired) electrons. The predicted molar refractivity (Wildman–Crippen MR) is 51.2 cm³/mol. The fourth-order valence-electron chi connectivity index (χ4n) is 0.600. The van der Waals surface area contributed by atoms with Gasteiger partial charge in [0, 0.05) is 0 Å². The summed E-state index contributed by atoms with van der Waals surface area (Å²) < 4.78 is 0. The van der Waals surface area contributed by atoms with E-state index >= 15 is 0 Å². The molecule has 0 bridgehead atoms. The monoisotopic (exact) mass is 147 g/mol. The second-order valence-corrected chi connectivity index (χ2v) is 2.71. The van der Waals surface area contributed by atoms with Gasteiger partial charge in [0.15, 0.2) is 0 Å². The van der Waals surface area contributed by atoms with E-state index in [1.165, 1.54) is 5.57 Å². The third-order valence-electron chi connectivity index (χ3n) is 1.15. The van der Waals surface area contributed by atoms with E-state index in [1.54, 1.807) is 6.08 Å². The van der Waals surface area contributed by atoms with E-state index in [0.717, 1.165) is 5.57 Å². The van der Waals surface area contributed by atoms with Crippen molar-refractivity contribution in [2.24, 2.45) is 0 Å². The molecule has 0 aromatic rings. The van der Waals surface area contributed by atoms with Crippen molar-refractivity contribution >= 4 is 0 Å². The van der Waals surface area contributed by atoms with Gasteiger partial charge in [0.1, 0.15) is 0 Å². The van der Waals surface area contributed by atoms with Gasteiger partial charge in [-0.05, 0) is 20.8 Å². The fourth-order valence-corrected chi connectivity index (χ4v) is 0.600. The van der Waals surface area contributed by atoms with E-state index in [9.17, 15) is 0 Å². The zero-order chi connectivity index (χ0) is 8.69. The Kier molecular flexibility index (Phi) is 5.18. The van der Waals surface area contributed by atoms with Gasteiger partial charge in [0.05, 0.1) is 0 Å². The van der Waals surface area contributed by atoms with E-state index in [0.29, 0.717) is 0 Å². The Morgan fingerprint density at radius 3 is 2.18 bits per heavy atom. The van der Waals surface area contributed by atoms with Crippen LogP contribution in [-0.2, 0) is 0 Å². The molecule has 11 heavy (non-hydrogen) atoms. The zero-order valence-corrected chi connectivity index (χ0v) is 7.46. The molecular formula is C11H15. The molecule has 0 fully saturated rings. The molecule has 0 aliphatic carbocycles. The Balaban J connectivity index is 4.03. The quantitative estimate of drug-likeness (QED) is 0.536. The molecule has 0 unspecified atom stereocenters. The van der Waals surface area contributed by atoms with Crippen molar-refractivity contribution in [1.82, 2.24) is 0 Å². The number of allylic oxidation sites excluding steroid dienone is 7. The molecular weight excluding hydrogens is 132 g/mol. The molecule has 0 aromatic heterocycles. The molecule has 0 aliphatic rings. The second-order valence-electron chi connectivity index (χ2n) is 2.71. The molecule has 0 heterocycles. The summed E-state index contributed by atoms with van der Waals surface area (Å²) in [4.78, 5) is 0. The third kappa shape index (κ3) is 6.85. The lowest BCUT2D eigenvalue weighted by Gasteiger charge is -1.86. The largest absolute Gasteiger partial charge is 0.0764 e. The van der Waals surface area contributed by atoms with Gasteiger partial charge < -0.3 is 0 Å². The van der Waals surface area contributed by atoms with E-state index in [1.807, 2.05) is 25.2 Å². The Hall–Kier alpha value is -1.04. The summed E-state index contributed by atoms with van der Waals surface area (Å²) in [5, 5.41) is 0. The molecule has 0 nitrogen and oxygen atoms in total. The van der Waals surface area contributed by atoms with Crippen LogP contribution in [-0.4, -0.2) is 0 Å². The van der Waals surface area contributed by atoms with Crippen molar-refractivity contribution in [3.8, 4) is 0 Å². The highest BCUT2D eigenvalue weighted by molar-refractivity contribution is 5.24. The van der Waals surface area contributed by atoms with Crippen molar-refractivity contribution in [3.63, 3.8) is 0 Å². The molecule has 0 aliphatic heterocycles. The van der Waals surface area contributed by atoms with Crippen molar-refractivity contribution in [2.75, 3.05) is 0 Å². The molecule has 0 aromatic carbocycles. The van der Waals surface area contributed by atoms with Crippen LogP contribution in [0.25, 0.3) is 0 Å². The Morgan fingerprint density at radius 1 is 1.09 bits per heavy atom. The van der Waals surface area contributed by atoms with Crippen molar-refractivity contribution in [3.05, 3.63) is 48.1 Å². The maximum atomic E-state index is 5.21. The summed E-state index contributed by atoms with van der Waals surface area (Å²) in [6.07, 6.45) is 9.52. The maximum Gasteiger partial charge on any atom is -0.0398 e. The fraction of sp³-hybridized carbons (Fsp3) is 0.273. The Bertz CT molecular complexity index is 198. The highest BCUT2D eigenvalue weighted by Crippen LogP contribution is 1.96. The van der Waals surface area contributed by atoms with Gasteiger partial charge in [0.2, 0.25) is 0 Å². The highest BCUT2D eigenvalue weighted by atomic mass is 13.8. The van der Waals surface area contributed by atoms with Gasteiger partial charge in [-0.25, -0.2) is 0 Å². The average Bonchev–Trinajstić information content (AvgIpc) is 1.87. The van der Waals surface area contributed by atoms with E-state index in [-0.39, 0.29) is 0 Å². The summed E-state index contributed by atoms with van der Waals surface area (Å²) in [5.41, 5.74) is 2.45. The van der Waals surface area contributed by atoms with Crippen LogP contribution in [0.3, 0.4) is 0 Å². The van der Waals surface area contributed by atoms with Gasteiger partial charge in [-0.3, -0.25) is 0 Å².